The third-order valence-electron chi connectivity index (χ3n) is 1.78. The van der Waals surface area contributed by atoms with E-state index >= 15 is 0 Å². The number of benzene rings is 1. The van der Waals surface area contributed by atoms with E-state index < -0.39 is 0 Å². The molecule has 70 valence electrons. The largest absolute Gasteiger partial charge is 0.278 e. The Labute approximate surface area is 89.5 Å². The number of carbonyl (C=O) groups excluding carboxylic acids is 1. The van der Waals surface area contributed by atoms with E-state index in [1.807, 2.05) is 12.1 Å². The molecule has 0 spiro atoms. The van der Waals surface area contributed by atoms with Crippen molar-refractivity contribution in [3.8, 4) is 0 Å². The van der Waals surface area contributed by atoms with E-state index in [0.29, 0.717) is 5.56 Å². The predicted octanol–water partition coefficient (Wildman–Crippen LogP) is 2.33. The van der Waals surface area contributed by atoms with E-state index in [9.17, 15) is 4.79 Å². The van der Waals surface area contributed by atoms with Crippen molar-refractivity contribution >= 4 is 21.8 Å². The first-order valence-corrected chi connectivity index (χ1v) is 4.86. The maximum Gasteiger partial charge on any atom is 0.278 e. The molecule has 0 aliphatic rings. The Morgan fingerprint density at radius 2 is 2.21 bits per heavy atom. The maximum absolute atomic E-state index is 11.7. The number of aromatic nitrogens is 2. The molecule has 0 fully saturated rings. The topological polar surface area (TPSA) is 34.9 Å². The Bertz CT molecular complexity index is 451. The lowest BCUT2D eigenvalue weighted by Gasteiger charge is -2.00. The van der Waals surface area contributed by atoms with Crippen LogP contribution in [0.4, 0.5) is 0 Å². The molecule has 1 heterocycles. The van der Waals surface area contributed by atoms with Crippen LogP contribution in [-0.4, -0.2) is 15.7 Å². The molecule has 1 aromatic heterocycles. The molecule has 1 aromatic carbocycles. The average Bonchev–Trinajstić information content (AvgIpc) is 2.69. The molecule has 0 atom stereocenters. The van der Waals surface area contributed by atoms with Crippen LogP contribution in [0.1, 0.15) is 10.4 Å². The van der Waals surface area contributed by atoms with Crippen molar-refractivity contribution in [2.24, 2.45) is 0 Å². The van der Waals surface area contributed by atoms with Crippen molar-refractivity contribution < 1.29 is 4.79 Å². The van der Waals surface area contributed by atoms with Gasteiger partial charge in [-0.05, 0) is 24.3 Å². The molecule has 0 amide bonds. The van der Waals surface area contributed by atoms with Gasteiger partial charge < -0.3 is 0 Å². The lowest BCUT2D eigenvalue weighted by atomic mass is 10.2. The molecule has 0 radical (unpaired) electrons. The van der Waals surface area contributed by atoms with Gasteiger partial charge in [0.05, 0.1) is 0 Å². The second-order valence-electron chi connectivity index (χ2n) is 2.77. The van der Waals surface area contributed by atoms with Crippen molar-refractivity contribution in [1.29, 1.82) is 0 Å². The highest BCUT2D eigenvalue weighted by Crippen LogP contribution is 2.12. The number of nitrogens with zero attached hydrogens (tertiary/aromatic N) is 2. The van der Waals surface area contributed by atoms with Gasteiger partial charge in [-0.1, -0.05) is 22.0 Å². The Kier molecular flexibility index (Phi) is 2.45. The zero-order valence-corrected chi connectivity index (χ0v) is 8.81. The minimum absolute atomic E-state index is 0.128. The monoisotopic (exact) mass is 250 g/mol. The molecule has 0 N–H and O–H groups in total. The van der Waals surface area contributed by atoms with Crippen LogP contribution in [0.15, 0.2) is 47.2 Å². The van der Waals surface area contributed by atoms with Crippen molar-refractivity contribution in [3.63, 3.8) is 0 Å². The first kappa shape index (κ1) is 9.15. The first-order chi connectivity index (χ1) is 6.77. The average molecular weight is 251 g/mol. The number of halogens is 1. The molecule has 4 heteroatoms. The summed E-state index contributed by atoms with van der Waals surface area (Å²) in [4.78, 5) is 11.7. The van der Waals surface area contributed by atoms with Crippen LogP contribution in [0.3, 0.4) is 0 Å². The first-order valence-electron chi connectivity index (χ1n) is 4.07. The zero-order valence-electron chi connectivity index (χ0n) is 7.22. The van der Waals surface area contributed by atoms with E-state index in [2.05, 4.69) is 21.0 Å². The quantitative estimate of drug-likeness (QED) is 0.779. The minimum atomic E-state index is -0.128. The number of carbonyl (C=O) groups is 1. The highest BCUT2D eigenvalue weighted by atomic mass is 79.9. The Morgan fingerprint density at radius 1 is 1.36 bits per heavy atom. The van der Waals surface area contributed by atoms with Crippen molar-refractivity contribution in [2.75, 3.05) is 0 Å². The molecule has 0 aliphatic heterocycles. The number of hydrogen-bond acceptors (Lipinski definition) is 2. The van der Waals surface area contributed by atoms with Gasteiger partial charge in [0.25, 0.3) is 5.91 Å². The summed E-state index contributed by atoms with van der Waals surface area (Å²) < 4.78 is 2.19. The zero-order chi connectivity index (χ0) is 9.97. The van der Waals surface area contributed by atoms with Gasteiger partial charge in [-0.2, -0.15) is 5.10 Å². The van der Waals surface area contributed by atoms with Gasteiger partial charge in [0, 0.05) is 22.4 Å². The molecule has 0 saturated carbocycles. The maximum atomic E-state index is 11.7. The van der Waals surface area contributed by atoms with Crippen LogP contribution in [0, 0.1) is 0 Å². The van der Waals surface area contributed by atoms with Crippen LogP contribution in [0.25, 0.3) is 0 Å². The van der Waals surface area contributed by atoms with Crippen molar-refractivity contribution in [1.82, 2.24) is 9.78 Å². The summed E-state index contributed by atoms with van der Waals surface area (Å²) in [7, 11) is 0. The van der Waals surface area contributed by atoms with Crippen LogP contribution in [0.5, 0.6) is 0 Å². The fourth-order valence-corrected chi connectivity index (χ4v) is 1.54. The fourth-order valence-electron chi connectivity index (χ4n) is 1.14. The van der Waals surface area contributed by atoms with Crippen LogP contribution < -0.4 is 0 Å². The smallest absolute Gasteiger partial charge is 0.267 e. The summed E-state index contributed by atoms with van der Waals surface area (Å²) in [5.74, 6) is -0.128. The molecule has 14 heavy (non-hydrogen) atoms. The molecule has 3 nitrogen and oxygen atoms in total. The number of rotatable bonds is 1. The Balaban J connectivity index is 2.37. The van der Waals surface area contributed by atoms with Gasteiger partial charge in [-0.15, -0.1) is 0 Å². The van der Waals surface area contributed by atoms with Gasteiger partial charge in [-0.3, -0.25) is 4.79 Å². The highest BCUT2D eigenvalue weighted by molar-refractivity contribution is 9.10. The molecular weight excluding hydrogens is 244 g/mol. The Morgan fingerprint density at radius 3 is 2.86 bits per heavy atom. The lowest BCUT2D eigenvalue weighted by molar-refractivity contribution is 0.0945. The van der Waals surface area contributed by atoms with Crippen LogP contribution in [0.2, 0.25) is 0 Å². The third kappa shape index (κ3) is 1.75. The van der Waals surface area contributed by atoms with Crippen LogP contribution >= 0.6 is 15.9 Å². The minimum Gasteiger partial charge on any atom is -0.267 e. The van der Waals surface area contributed by atoms with Crippen molar-refractivity contribution in [2.45, 2.75) is 0 Å². The standard InChI is InChI=1S/C10H7BrN2O/c11-9-4-1-3-8(7-9)10(14)13-6-2-5-12-13/h1-7H. The molecular formula is C10H7BrN2O. The second-order valence-corrected chi connectivity index (χ2v) is 3.68. The molecule has 0 unspecified atom stereocenters. The molecule has 0 saturated heterocycles. The second kappa shape index (κ2) is 3.75. The van der Waals surface area contributed by atoms with E-state index in [4.69, 9.17) is 0 Å². The summed E-state index contributed by atoms with van der Waals surface area (Å²) in [5, 5.41) is 3.87. The van der Waals surface area contributed by atoms with Gasteiger partial charge in [0.1, 0.15) is 0 Å². The lowest BCUT2D eigenvalue weighted by Crippen LogP contribution is -2.11. The summed E-state index contributed by atoms with van der Waals surface area (Å²) in [6.45, 7) is 0. The van der Waals surface area contributed by atoms with E-state index in [0.717, 1.165) is 4.47 Å². The molecule has 2 aromatic rings. The van der Waals surface area contributed by atoms with Gasteiger partial charge in [0.2, 0.25) is 0 Å². The fraction of sp³-hybridized carbons (Fsp3) is 0. The van der Waals surface area contributed by atoms with Crippen molar-refractivity contribution in [3.05, 3.63) is 52.8 Å². The SMILES string of the molecule is O=C(c1cccc(Br)c1)n1cccn1. The molecule has 2 rings (SSSR count). The van der Waals surface area contributed by atoms with Gasteiger partial charge in [-0.25, -0.2) is 4.68 Å². The molecule has 0 bridgehead atoms. The normalized spacial score (nSPS) is 10.1. The molecule has 0 aliphatic carbocycles. The van der Waals surface area contributed by atoms with Gasteiger partial charge in [0.15, 0.2) is 0 Å². The number of hydrogen-bond donors (Lipinski definition) is 0. The Hall–Kier alpha value is -1.42. The summed E-state index contributed by atoms with van der Waals surface area (Å²) in [5.41, 5.74) is 0.614. The predicted molar refractivity (Wildman–Crippen MR) is 56.1 cm³/mol. The summed E-state index contributed by atoms with van der Waals surface area (Å²) in [6, 6.07) is 8.94. The van der Waals surface area contributed by atoms with Gasteiger partial charge >= 0.3 is 0 Å². The third-order valence-corrected chi connectivity index (χ3v) is 2.28. The van der Waals surface area contributed by atoms with Crippen LogP contribution in [-0.2, 0) is 0 Å². The summed E-state index contributed by atoms with van der Waals surface area (Å²) >= 11 is 3.31. The van der Waals surface area contributed by atoms with E-state index in [1.165, 1.54) is 4.68 Å². The van der Waals surface area contributed by atoms with E-state index in [1.54, 1.807) is 30.6 Å². The summed E-state index contributed by atoms with van der Waals surface area (Å²) in [6.07, 6.45) is 3.21. The highest BCUT2D eigenvalue weighted by Gasteiger charge is 2.07. The van der Waals surface area contributed by atoms with E-state index in [-0.39, 0.29) is 5.91 Å².